The van der Waals surface area contributed by atoms with Gasteiger partial charge in [0.15, 0.2) is 0 Å². The van der Waals surface area contributed by atoms with Crippen molar-refractivity contribution in [3.63, 3.8) is 0 Å². The quantitative estimate of drug-likeness (QED) is 0.872. The SMILES string of the molecule is Cc1cc(OCc2ccccc2Br)cc(=O)o1. The highest BCUT2D eigenvalue weighted by atomic mass is 79.9. The van der Waals surface area contributed by atoms with Crippen molar-refractivity contribution in [2.24, 2.45) is 0 Å². The zero-order chi connectivity index (χ0) is 12.3. The Kier molecular flexibility index (Phi) is 3.64. The first-order valence-corrected chi connectivity index (χ1v) is 5.92. The van der Waals surface area contributed by atoms with Gasteiger partial charge in [0, 0.05) is 16.1 Å². The molecule has 0 aliphatic heterocycles. The smallest absolute Gasteiger partial charge is 0.339 e. The molecule has 0 bridgehead atoms. The number of benzene rings is 1. The van der Waals surface area contributed by atoms with Gasteiger partial charge < -0.3 is 9.15 Å². The van der Waals surface area contributed by atoms with Crippen LogP contribution in [0, 0.1) is 6.92 Å². The van der Waals surface area contributed by atoms with Gasteiger partial charge in [0.2, 0.25) is 0 Å². The predicted molar refractivity (Wildman–Crippen MR) is 68.2 cm³/mol. The molecule has 0 saturated carbocycles. The van der Waals surface area contributed by atoms with Gasteiger partial charge in [-0.1, -0.05) is 34.1 Å². The van der Waals surface area contributed by atoms with Crippen molar-refractivity contribution in [3.8, 4) is 5.75 Å². The number of hydrogen-bond donors (Lipinski definition) is 0. The van der Waals surface area contributed by atoms with Crippen LogP contribution in [0.25, 0.3) is 0 Å². The van der Waals surface area contributed by atoms with Gasteiger partial charge in [0.1, 0.15) is 18.1 Å². The van der Waals surface area contributed by atoms with E-state index in [9.17, 15) is 4.79 Å². The molecule has 0 atom stereocenters. The van der Waals surface area contributed by atoms with Crippen LogP contribution in [0.2, 0.25) is 0 Å². The van der Waals surface area contributed by atoms with E-state index in [1.807, 2.05) is 24.3 Å². The Balaban J connectivity index is 2.13. The number of rotatable bonds is 3. The van der Waals surface area contributed by atoms with Crippen LogP contribution >= 0.6 is 15.9 Å². The van der Waals surface area contributed by atoms with Gasteiger partial charge in [-0.25, -0.2) is 4.79 Å². The standard InChI is InChI=1S/C13H11BrO3/c1-9-6-11(7-13(15)17-9)16-8-10-4-2-3-5-12(10)14/h2-7H,8H2,1H3. The van der Waals surface area contributed by atoms with Crippen LogP contribution in [0.5, 0.6) is 5.75 Å². The highest BCUT2D eigenvalue weighted by molar-refractivity contribution is 9.10. The maximum Gasteiger partial charge on any atom is 0.339 e. The summed E-state index contributed by atoms with van der Waals surface area (Å²) in [4.78, 5) is 11.1. The number of ether oxygens (including phenoxy) is 1. The molecule has 0 unspecified atom stereocenters. The molecule has 0 amide bonds. The molecule has 0 fully saturated rings. The maximum absolute atomic E-state index is 11.1. The lowest BCUT2D eigenvalue weighted by atomic mass is 10.2. The molecule has 4 heteroatoms. The summed E-state index contributed by atoms with van der Waals surface area (Å²) in [6.45, 7) is 2.12. The summed E-state index contributed by atoms with van der Waals surface area (Å²) >= 11 is 3.44. The van der Waals surface area contributed by atoms with Crippen molar-refractivity contribution in [2.45, 2.75) is 13.5 Å². The van der Waals surface area contributed by atoms with Crippen molar-refractivity contribution in [2.75, 3.05) is 0 Å². The first kappa shape index (κ1) is 11.9. The number of halogens is 1. The molecule has 0 aliphatic carbocycles. The van der Waals surface area contributed by atoms with E-state index in [1.165, 1.54) is 6.07 Å². The molecule has 1 heterocycles. The van der Waals surface area contributed by atoms with Crippen LogP contribution in [0.15, 0.2) is 50.1 Å². The van der Waals surface area contributed by atoms with Gasteiger partial charge in [0.05, 0.1) is 6.07 Å². The van der Waals surface area contributed by atoms with Gasteiger partial charge in [-0.2, -0.15) is 0 Å². The molecule has 17 heavy (non-hydrogen) atoms. The third-order valence-electron chi connectivity index (χ3n) is 2.22. The number of aryl methyl sites for hydroxylation is 1. The summed E-state index contributed by atoms with van der Waals surface area (Å²) in [7, 11) is 0. The fourth-order valence-electron chi connectivity index (χ4n) is 1.44. The molecule has 2 rings (SSSR count). The van der Waals surface area contributed by atoms with Gasteiger partial charge >= 0.3 is 5.63 Å². The lowest BCUT2D eigenvalue weighted by Gasteiger charge is -2.07. The zero-order valence-corrected chi connectivity index (χ0v) is 10.9. The summed E-state index contributed by atoms with van der Waals surface area (Å²) in [5.74, 6) is 1.06. The van der Waals surface area contributed by atoms with Crippen LogP contribution < -0.4 is 10.4 Å². The van der Waals surface area contributed by atoms with E-state index >= 15 is 0 Å². The van der Waals surface area contributed by atoms with Crippen LogP contribution in [-0.4, -0.2) is 0 Å². The Labute approximate surface area is 107 Å². The molecule has 0 saturated heterocycles. The lowest BCUT2D eigenvalue weighted by molar-refractivity contribution is 0.299. The van der Waals surface area contributed by atoms with Crippen LogP contribution in [0.1, 0.15) is 11.3 Å². The third-order valence-corrected chi connectivity index (χ3v) is 2.99. The Morgan fingerprint density at radius 3 is 2.76 bits per heavy atom. The zero-order valence-electron chi connectivity index (χ0n) is 9.27. The second kappa shape index (κ2) is 5.19. The van der Waals surface area contributed by atoms with Gasteiger partial charge in [0.25, 0.3) is 0 Å². The van der Waals surface area contributed by atoms with E-state index in [1.54, 1.807) is 13.0 Å². The van der Waals surface area contributed by atoms with Crippen molar-refractivity contribution >= 4 is 15.9 Å². The van der Waals surface area contributed by atoms with Crippen molar-refractivity contribution in [1.82, 2.24) is 0 Å². The maximum atomic E-state index is 11.1. The first-order chi connectivity index (χ1) is 8.15. The normalized spacial score (nSPS) is 10.2. The molecule has 0 spiro atoms. The Hall–Kier alpha value is -1.55. The van der Waals surface area contributed by atoms with E-state index in [-0.39, 0.29) is 0 Å². The van der Waals surface area contributed by atoms with E-state index in [0.29, 0.717) is 18.1 Å². The van der Waals surface area contributed by atoms with Crippen LogP contribution in [-0.2, 0) is 6.61 Å². The third kappa shape index (κ3) is 3.20. The molecular formula is C13H11BrO3. The molecule has 2 aromatic rings. The van der Waals surface area contributed by atoms with Crippen molar-refractivity contribution in [3.05, 3.63) is 62.6 Å². The molecular weight excluding hydrogens is 284 g/mol. The van der Waals surface area contributed by atoms with E-state index in [4.69, 9.17) is 9.15 Å². The molecule has 88 valence electrons. The van der Waals surface area contributed by atoms with Crippen LogP contribution in [0.3, 0.4) is 0 Å². The fourth-order valence-corrected chi connectivity index (χ4v) is 1.83. The van der Waals surface area contributed by atoms with Gasteiger partial charge in [-0.05, 0) is 13.0 Å². The summed E-state index contributed by atoms with van der Waals surface area (Å²) in [5.41, 5.74) is 0.630. The molecule has 1 aromatic heterocycles. The minimum absolute atomic E-state index is 0.396. The van der Waals surface area contributed by atoms with E-state index in [2.05, 4.69) is 15.9 Å². The summed E-state index contributed by atoms with van der Waals surface area (Å²) < 4.78 is 11.4. The second-order valence-electron chi connectivity index (χ2n) is 3.60. The van der Waals surface area contributed by atoms with E-state index in [0.717, 1.165) is 10.0 Å². The van der Waals surface area contributed by atoms with Crippen molar-refractivity contribution < 1.29 is 9.15 Å². The Morgan fingerprint density at radius 2 is 2.06 bits per heavy atom. The average Bonchev–Trinajstić information content (AvgIpc) is 2.27. The average molecular weight is 295 g/mol. The highest BCUT2D eigenvalue weighted by Gasteiger charge is 2.02. The summed E-state index contributed by atoms with van der Waals surface area (Å²) in [5, 5.41) is 0. The monoisotopic (exact) mass is 294 g/mol. The van der Waals surface area contributed by atoms with Crippen molar-refractivity contribution in [1.29, 1.82) is 0 Å². The number of hydrogen-bond acceptors (Lipinski definition) is 3. The summed E-state index contributed by atoms with van der Waals surface area (Å²) in [6, 6.07) is 10.8. The molecule has 0 aliphatic rings. The largest absolute Gasteiger partial charge is 0.488 e. The fraction of sp³-hybridized carbons (Fsp3) is 0.154. The topological polar surface area (TPSA) is 39.4 Å². The highest BCUT2D eigenvalue weighted by Crippen LogP contribution is 2.18. The molecule has 3 nitrogen and oxygen atoms in total. The predicted octanol–water partition coefficient (Wildman–Crippen LogP) is 3.29. The molecule has 1 aromatic carbocycles. The van der Waals surface area contributed by atoms with Gasteiger partial charge in [-0.3, -0.25) is 0 Å². The first-order valence-electron chi connectivity index (χ1n) is 5.13. The minimum Gasteiger partial charge on any atom is -0.488 e. The van der Waals surface area contributed by atoms with Gasteiger partial charge in [-0.15, -0.1) is 0 Å². The molecule has 0 N–H and O–H groups in total. The summed E-state index contributed by atoms with van der Waals surface area (Å²) in [6.07, 6.45) is 0. The Morgan fingerprint density at radius 1 is 1.29 bits per heavy atom. The molecule has 0 radical (unpaired) electrons. The second-order valence-corrected chi connectivity index (χ2v) is 4.46. The van der Waals surface area contributed by atoms with E-state index < -0.39 is 5.63 Å². The Bertz CT molecular complexity index is 575. The van der Waals surface area contributed by atoms with Crippen LogP contribution in [0.4, 0.5) is 0 Å². The minimum atomic E-state index is -0.396. The lowest BCUT2D eigenvalue weighted by Crippen LogP contribution is -2.02.